The Bertz CT molecular complexity index is 480. The van der Waals surface area contributed by atoms with E-state index in [-0.39, 0.29) is 11.5 Å². The third kappa shape index (κ3) is 3.30. The Morgan fingerprint density at radius 3 is 2.95 bits per heavy atom. The molecule has 1 N–H and O–H groups in total. The molecule has 1 saturated heterocycles. The van der Waals surface area contributed by atoms with Crippen LogP contribution in [0.4, 0.5) is 5.13 Å². The van der Waals surface area contributed by atoms with Gasteiger partial charge in [-0.1, -0.05) is 11.3 Å². The van der Waals surface area contributed by atoms with Gasteiger partial charge in [0.2, 0.25) is 0 Å². The summed E-state index contributed by atoms with van der Waals surface area (Å²) in [7, 11) is 1.27. The lowest BCUT2D eigenvalue weighted by atomic mass is 10.1. The van der Waals surface area contributed by atoms with E-state index < -0.39 is 5.97 Å². The summed E-state index contributed by atoms with van der Waals surface area (Å²) in [4.78, 5) is 27.5. The fraction of sp³-hybridized carbons (Fsp3) is 0.583. The molecule has 1 aliphatic rings. The number of esters is 1. The van der Waals surface area contributed by atoms with Gasteiger partial charge in [0.15, 0.2) is 16.6 Å². The van der Waals surface area contributed by atoms with E-state index in [1.54, 1.807) is 0 Å². The number of anilines is 1. The third-order valence-electron chi connectivity index (χ3n) is 2.89. The number of Topliss-reactive ketones (excluding diaryl/α,β-unsaturated/α-hetero) is 1. The standard InChI is InChI=1S/C12H16N2O4S/c1-7(15)10-9(11(16)17-2)14-12(19-10)13-5-8-3-4-18-6-8/h8H,3-6H2,1-2H3,(H,13,14). The van der Waals surface area contributed by atoms with Gasteiger partial charge in [-0.3, -0.25) is 4.79 Å². The maximum Gasteiger partial charge on any atom is 0.358 e. The second-order valence-corrected chi connectivity index (χ2v) is 5.35. The second-order valence-electron chi connectivity index (χ2n) is 4.36. The highest BCUT2D eigenvalue weighted by Crippen LogP contribution is 2.25. The van der Waals surface area contributed by atoms with Crippen molar-refractivity contribution in [3.63, 3.8) is 0 Å². The number of methoxy groups -OCH3 is 1. The Kier molecular flexibility index (Phi) is 4.49. The average Bonchev–Trinajstić information content (AvgIpc) is 3.04. The van der Waals surface area contributed by atoms with Crippen LogP contribution in [-0.4, -0.2) is 43.6 Å². The molecule has 1 aromatic rings. The molecule has 0 bridgehead atoms. The first-order valence-electron chi connectivity index (χ1n) is 6.03. The molecule has 1 unspecified atom stereocenters. The lowest BCUT2D eigenvalue weighted by Gasteiger charge is -2.07. The molecule has 7 heteroatoms. The fourth-order valence-corrected chi connectivity index (χ4v) is 2.70. The molecule has 0 spiro atoms. The molecule has 0 aliphatic carbocycles. The lowest BCUT2D eigenvalue weighted by molar-refractivity contribution is 0.0591. The van der Waals surface area contributed by atoms with Crippen LogP contribution in [-0.2, 0) is 9.47 Å². The van der Waals surface area contributed by atoms with Gasteiger partial charge in [-0.25, -0.2) is 9.78 Å². The van der Waals surface area contributed by atoms with Crippen molar-refractivity contribution >= 4 is 28.2 Å². The maximum atomic E-state index is 11.5. The zero-order valence-electron chi connectivity index (χ0n) is 10.9. The normalized spacial score (nSPS) is 18.3. The van der Waals surface area contributed by atoms with Crippen LogP contribution in [0.5, 0.6) is 0 Å². The quantitative estimate of drug-likeness (QED) is 0.653. The molecule has 2 rings (SSSR count). The van der Waals surface area contributed by atoms with E-state index >= 15 is 0 Å². The first-order chi connectivity index (χ1) is 9.11. The van der Waals surface area contributed by atoms with Crippen LogP contribution in [0.25, 0.3) is 0 Å². The highest BCUT2D eigenvalue weighted by Gasteiger charge is 2.22. The van der Waals surface area contributed by atoms with Crippen molar-refractivity contribution in [1.82, 2.24) is 4.98 Å². The molecule has 1 aromatic heterocycles. The summed E-state index contributed by atoms with van der Waals surface area (Å²) < 4.78 is 9.91. The third-order valence-corrected chi connectivity index (χ3v) is 4.01. The molecule has 0 saturated carbocycles. The number of thiazole rings is 1. The van der Waals surface area contributed by atoms with Crippen LogP contribution in [0.3, 0.4) is 0 Å². The van der Waals surface area contributed by atoms with Gasteiger partial charge in [0, 0.05) is 26.0 Å². The van der Waals surface area contributed by atoms with Crippen LogP contribution in [0, 0.1) is 5.92 Å². The molecule has 104 valence electrons. The number of hydrogen-bond donors (Lipinski definition) is 1. The van der Waals surface area contributed by atoms with Gasteiger partial charge >= 0.3 is 5.97 Å². The zero-order chi connectivity index (χ0) is 13.8. The maximum absolute atomic E-state index is 11.5. The first kappa shape index (κ1) is 14.0. The molecule has 0 aromatic carbocycles. The van der Waals surface area contributed by atoms with Gasteiger partial charge < -0.3 is 14.8 Å². The monoisotopic (exact) mass is 284 g/mol. The molecule has 1 aliphatic heterocycles. The number of carbonyl (C=O) groups is 2. The van der Waals surface area contributed by atoms with E-state index in [1.165, 1.54) is 25.4 Å². The highest BCUT2D eigenvalue weighted by molar-refractivity contribution is 7.17. The molecule has 0 radical (unpaired) electrons. The molecule has 19 heavy (non-hydrogen) atoms. The van der Waals surface area contributed by atoms with Crippen molar-refractivity contribution in [2.75, 3.05) is 32.2 Å². The Hall–Kier alpha value is -1.47. The predicted molar refractivity (Wildman–Crippen MR) is 70.9 cm³/mol. The topological polar surface area (TPSA) is 77.5 Å². The van der Waals surface area contributed by atoms with Crippen molar-refractivity contribution in [2.24, 2.45) is 5.92 Å². The number of rotatable bonds is 5. The van der Waals surface area contributed by atoms with Crippen molar-refractivity contribution in [3.8, 4) is 0 Å². The van der Waals surface area contributed by atoms with Gasteiger partial charge in [0.1, 0.15) is 4.88 Å². The van der Waals surface area contributed by atoms with Crippen LogP contribution in [0.15, 0.2) is 0 Å². The first-order valence-corrected chi connectivity index (χ1v) is 6.85. The Morgan fingerprint density at radius 1 is 1.58 bits per heavy atom. The Morgan fingerprint density at radius 2 is 2.37 bits per heavy atom. The minimum absolute atomic E-state index is 0.0881. The Balaban J connectivity index is 2.08. The summed E-state index contributed by atoms with van der Waals surface area (Å²) >= 11 is 1.18. The number of hydrogen-bond acceptors (Lipinski definition) is 7. The number of nitrogens with zero attached hydrogens (tertiary/aromatic N) is 1. The number of aromatic nitrogens is 1. The van der Waals surface area contributed by atoms with Crippen molar-refractivity contribution < 1.29 is 19.1 Å². The molecular weight excluding hydrogens is 268 g/mol. The van der Waals surface area contributed by atoms with E-state index in [0.29, 0.717) is 15.9 Å². The van der Waals surface area contributed by atoms with E-state index in [2.05, 4.69) is 15.0 Å². The Labute approximate surface area is 115 Å². The minimum atomic E-state index is -0.585. The van der Waals surface area contributed by atoms with Crippen LogP contribution >= 0.6 is 11.3 Å². The van der Waals surface area contributed by atoms with E-state index in [4.69, 9.17) is 4.74 Å². The molecule has 1 fully saturated rings. The zero-order valence-corrected chi connectivity index (χ0v) is 11.7. The summed E-state index contributed by atoms with van der Waals surface area (Å²) in [6.45, 7) is 3.66. The molecule has 1 atom stereocenters. The van der Waals surface area contributed by atoms with Gasteiger partial charge in [-0.15, -0.1) is 0 Å². The van der Waals surface area contributed by atoms with E-state index in [9.17, 15) is 9.59 Å². The number of ether oxygens (including phenoxy) is 2. The van der Waals surface area contributed by atoms with E-state index in [0.717, 1.165) is 26.2 Å². The van der Waals surface area contributed by atoms with Crippen LogP contribution in [0.2, 0.25) is 0 Å². The molecule has 6 nitrogen and oxygen atoms in total. The van der Waals surface area contributed by atoms with Crippen molar-refractivity contribution in [1.29, 1.82) is 0 Å². The van der Waals surface area contributed by atoms with Crippen molar-refractivity contribution in [2.45, 2.75) is 13.3 Å². The predicted octanol–water partition coefficient (Wildman–Crippen LogP) is 1.58. The summed E-state index contributed by atoms with van der Waals surface area (Å²) in [5.41, 5.74) is 0.0881. The summed E-state index contributed by atoms with van der Waals surface area (Å²) in [6.07, 6.45) is 1.02. The van der Waals surface area contributed by atoms with E-state index in [1.807, 2.05) is 0 Å². The minimum Gasteiger partial charge on any atom is -0.464 e. The second kappa shape index (κ2) is 6.12. The number of carbonyl (C=O) groups excluding carboxylic acids is 2. The SMILES string of the molecule is COC(=O)c1nc(NCC2CCOC2)sc1C(C)=O. The highest BCUT2D eigenvalue weighted by atomic mass is 32.1. The average molecular weight is 284 g/mol. The largest absolute Gasteiger partial charge is 0.464 e. The molecular formula is C12H16N2O4S. The van der Waals surface area contributed by atoms with Gasteiger partial charge in [-0.2, -0.15) is 0 Å². The summed E-state index contributed by atoms with van der Waals surface area (Å²) in [5, 5.41) is 3.72. The van der Waals surface area contributed by atoms with Gasteiger partial charge in [0.25, 0.3) is 0 Å². The van der Waals surface area contributed by atoms with Gasteiger partial charge in [-0.05, 0) is 6.42 Å². The van der Waals surface area contributed by atoms with Crippen molar-refractivity contribution in [3.05, 3.63) is 10.6 Å². The lowest BCUT2D eigenvalue weighted by Crippen LogP contribution is -2.14. The summed E-state index contributed by atoms with van der Waals surface area (Å²) in [6, 6.07) is 0. The number of nitrogens with one attached hydrogen (secondary N) is 1. The van der Waals surface area contributed by atoms with Gasteiger partial charge in [0.05, 0.1) is 13.7 Å². The van der Waals surface area contributed by atoms with Crippen LogP contribution < -0.4 is 5.32 Å². The smallest absolute Gasteiger partial charge is 0.358 e. The summed E-state index contributed by atoms with van der Waals surface area (Å²) in [5.74, 6) is -0.319. The van der Waals surface area contributed by atoms with Crippen LogP contribution in [0.1, 0.15) is 33.5 Å². The molecule has 2 heterocycles. The molecule has 0 amide bonds. The number of ketones is 1. The fourth-order valence-electron chi connectivity index (χ4n) is 1.85.